The highest BCUT2D eigenvalue weighted by Crippen LogP contribution is 2.31. The second-order valence-corrected chi connectivity index (χ2v) is 8.59. The van der Waals surface area contributed by atoms with Gasteiger partial charge in [0.2, 0.25) is 10.0 Å². The first kappa shape index (κ1) is 15.1. The minimum absolute atomic E-state index is 0.204. The van der Waals surface area contributed by atoms with E-state index in [0.29, 0.717) is 10.3 Å². The van der Waals surface area contributed by atoms with Gasteiger partial charge < -0.3 is 5.32 Å². The zero-order valence-electron chi connectivity index (χ0n) is 10.0. The third kappa shape index (κ3) is 3.83. The van der Waals surface area contributed by atoms with Crippen LogP contribution >= 0.6 is 38.6 Å². The Bertz CT molecular complexity index is 637. The predicted molar refractivity (Wildman–Crippen MR) is 80.9 cm³/mol. The van der Waals surface area contributed by atoms with Crippen molar-refractivity contribution in [3.05, 3.63) is 31.3 Å². The van der Waals surface area contributed by atoms with Crippen molar-refractivity contribution in [3.63, 3.8) is 0 Å². The molecule has 19 heavy (non-hydrogen) atoms. The van der Waals surface area contributed by atoms with Crippen LogP contribution in [0.3, 0.4) is 0 Å². The number of rotatable bonds is 6. The average molecular weight is 382 g/mol. The van der Waals surface area contributed by atoms with Crippen LogP contribution < -0.4 is 10.0 Å². The highest BCUT2D eigenvalue weighted by atomic mass is 79.9. The lowest BCUT2D eigenvalue weighted by Gasteiger charge is -2.03. The molecule has 2 aromatic heterocycles. The van der Waals surface area contributed by atoms with Gasteiger partial charge in [0.1, 0.15) is 4.90 Å². The van der Waals surface area contributed by atoms with E-state index in [2.05, 4.69) is 31.0 Å². The Morgan fingerprint density at radius 2 is 2.21 bits per heavy atom. The first-order valence-corrected chi connectivity index (χ1v) is 9.36. The van der Waals surface area contributed by atoms with Crippen LogP contribution in [0.4, 0.5) is 0 Å². The summed E-state index contributed by atoms with van der Waals surface area (Å²) in [5.74, 6) is 0. The standard InChI is InChI=1S/C10H12BrN3O2S3/c1-12-4-8-2-9(10(11)18-8)19(15,16)14-3-7-5-17-6-13-7/h2,5-6,12,14H,3-4H2,1H3. The third-order valence-electron chi connectivity index (χ3n) is 2.27. The van der Waals surface area contributed by atoms with E-state index >= 15 is 0 Å². The van der Waals surface area contributed by atoms with Crippen molar-refractivity contribution in [2.75, 3.05) is 7.05 Å². The summed E-state index contributed by atoms with van der Waals surface area (Å²) in [6.07, 6.45) is 0. The van der Waals surface area contributed by atoms with E-state index in [1.54, 1.807) is 11.6 Å². The molecule has 0 saturated heterocycles. The van der Waals surface area contributed by atoms with Crippen LogP contribution in [0, 0.1) is 0 Å². The van der Waals surface area contributed by atoms with Gasteiger partial charge in [0, 0.05) is 16.8 Å². The molecule has 2 rings (SSSR count). The van der Waals surface area contributed by atoms with Crippen molar-refractivity contribution >= 4 is 48.6 Å². The number of hydrogen-bond donors (Lipinski definition) is 2. The van der Waals surface area contributed by atoms with Gasteiger partial charge in [0.05, 0.1) is 21.5 Å². The number of nitrogens with zero attached hydrogens (tertiary/aromatic N) is 1. The quantitative estimate of drug-likeness (QED) is 0.803. The van der Waals surface area contributed by atoms with Crippen molar-refractivity contribution < 1.29 is 8.42 Å². The number of thiophene rings is 1. The van der Waals surface area contributed by atoms with Crippen molar-refractivity contribution in [1.82, 2.24) is 15.0 Å². The Hall–Kier alpha value is -0.320. The van der Waals surface area contributed by atoms with Gasteiger partial charge in [-0.05, 0) is 29.0 Å². The molecule has 0 aliphatic rings. The van der Waals surface area contributed by atoms with Gasteiger partial charge >= 0.3 is 0 Å². The Balaban J connectivity index is 2.14. The molecule has 0 spiro atoms. The summed E-state index contributed by atoms with van der Waals surface area (Å²) in [5, 5.41) is 4.81. The largest absolute Gasteiger partial charge is 0.315 e. The molecule has 0 aliphatic heterocycles. The van der Waals surface area contributed by atoms with Gasteiger partial charge in [-0.2, -0.15) is 0 Å². The van der Waals surface area contributed by atoms with Crippen molar-refractivity contribution in [2.45, 2.75) is 18.0 Å². The Labute approximate surface area is 128 Å². The predicted octanol–water partition coefficient (Wildman–Crippen LogP) is 2.17. The molecular weight excluding hydrogens is 370 g/mol. The molecule has 0 unspecified atom stereocenters. The highest BCUT2D eigenvalue weighted by Gasteiger charge is 2.20. The van der Waals surface area contributed by atoms with E-state index in [9.17, 15) is 8.42 Å². The fraction of sp³-hybridized carbons (Fsp3) is 0.300. The zero-order valence-corrected chi connectivity index (χ0v) is 14.0. The lowest BCUT2D eigenvalue weighted by atomic mass is 10.5. The molecule has 0 fully saturated rings. The summed E-state index contributed by atoms with van der Waals surface area (Å²) < 4.78 is 27.5. The van der Waals surface area contributed by atoms with Crippen LogP contribution in [0.25, 0.3) is 0 Å². The van der Waals surface area contributed by atoms with Gasteiger partial charge in [-0.25, -0.2) is 18.1 Å². The van der Waals surface area contributed by atoms with Crippen LogP contribution in [0.1, 0.15) is 10.6 Å². The average Bonchev–Trinajstić information content (AvgIpc) is 2.97. The molecule has 0 atom stereocenters. The Kier molecular flexibility index (Phi) is 5.09. The van der Waals surface area contributed by atoms with Crippen LogP contribution in [-0.4, -0.2) is 20.4 Å². The first-order valence-electron chi connectivity index (χ1n) is 5.32. The summed E-state index contributed by atoms with van der Waals surface area (Å²) in [5.41, 5.74) is 2.39. The normalized spacial score (nSPS) is 11.9. The molecule has 2 aromatic rings. The SMILES string of the molecule is CNCc1cc(S(=O)(=O)NCc2cscn2)c(Br)s1. The van der Waals surface area contributed by atoms with Gasteiger partial charge in [-0.1, -0.05) is 0 Å². The maximum absolute atomic E-state index is 12.2. The van der Waals surface area contributed by atoms with Crippen LogP contribution in [0.5, 0.6) is 0 Å². The molecular formula is C10H12BrN3O2S3. The monoisotopic (exact) mass is 381 g/mol. The second kappa shape index (κ2) is 6.42. The number of aromatic nitrogens is 1. The summed E-state index contributed by atoms with van der Waals surface area (Å²) in [4.78, 5) is 5.28. The Morgan fingerprint density at radius 3 is 2.84 bits per heavy atom. The maximum atomic E-state index is 12.2. The molecule has 104 valence electrons. The molecule has 0 aliphatic carbocycles. The highest BCUT2D eigenvalue weighted by molar-refractivity contribution is 9.11. The van der Waals surface area contributed by atoms with Gasteiger partial charge in [-0.15, -0.1) is 22.7 Å². The third-order valence-corrected chi connectivity index (χ3v) is 6.56. The summed E-state index contributed by atoms with van der Waals surface area (Å²) in [6.45, 7) is 0.848. The summed E-state index contributed by atoms with van der Waals surface area (Å²) >= 11 is 6.15. The smallest absolute Gasteiger partial charge is 0.242 e. The number of nitrogens with one attached hydrogen (secondary N) is 2. The number of thiazole rings is 1. The van der Waals surface area contributed by atoms with Crippen molar-refractivity contribution in [1.29, 1.82) is 0 Å². The molecule has 0 aromatic carbocycles. The van der Waals surface area contributed by atoms with Crippen LogP contribution in [-0.2, 0) is 23.1 Å². The molecule has 2 heterocycles. The summed E-state index contributed by atoms with van der Waals surface area (Å²) in [7, 11) is -1.69. The summed E-state index contributed by atoms with van der Waals surface area (Å²) in [6, 6.07) is 1.68. The Morgan fingerprint density at radius 1 is 1.42 bits per heavy atom. The minimum Gasteiger partial charge on any atom is -0.315 e. The van der Waals surface area contributed by atoms with Gasteiger partial charge in [0.25, 0.3) is 0 Å². The van der Waals surface area contributed by atoms with Crippen molar-refractivity contribution in [2.24, 2.45) is 0 Å². The first-order chi connectivity index (χ1) is 9.03. The molecule has 5 nitrogen and oxygen atoms in total. The molecule has 0 amide bonds. The minimum atomic E-state index is -3.51. The maximum Gasteiger partial charge on any atom is 0.242 e. The molecule has 0 bridgehead atoms. The lowest BCUT2D eigenvalue weighted by molar-refractivity contribution is 0.580. The fourth-order valence-electron chi connectivity index (χ4n) is 1.41. The van der Waals surface area contributed by atoms with E-state index in [0.717, 1.165) is 10.6 Å². The van der Waals surface area contributed by atoms with Gasteiger partial charge in [-0.3, -0.25) is 0 Å². The number of sulfonamides is 1. The molecule has 2 N–H and O–H groups in total. The van der Waals surface area contributed by atoms with Crippen molar-refractivity contribution in [3.8, 4) is 0 Å². The zero-order chi connectivity index (χ0) is 13.9. The molecule has 0 radical (unpaired) electrons. The van der Waals surface area contributed by atoms with E-state index < -0.39 is 10.0 Å². The number of halogens is 1. The van der Waals surface area contributed by atoms with Crippen LogP contribution in [0.15, 0.2) is 25.6 Å². The van der Waals surface area contributed by atoms with E-state index in [4.69, 9.17) is 0 Å². The molecule has 0 saturated carbocycles. The van der Waals surface area contributed by atoms with Gasteiger partial charge in [0.15, 0.2) is 0 Å². The fourth-order valence-corrected chi connectivity index (χ4v) is 5.66. The van der Waals surface area contributed by atoms with E-state index in [-0.39, 0.29) is 11.4 Å². The molecule has 9 heteroatoms. The number of hydrogen-bond acceptors (Lipinski definition) is 6. The van der Waals surface area contributed by atoms with Crippen LogP contribution in [0.2, 0.25) is 0 Å². The topological polar surface area (TPSA) is 71.1 Å². The van der Waals surface area contributed by atoms with E-state index in [1.165, 1.54) is 22.7 Å². The second-order valence-electron chi connectivity index (χ2n) is 3.69. The lowest BCUT2D eigenvalue weighted by Crippen LogP contribution is -2.23. The van der Waals surface area contributed by atoms with E-state index in [1.807, 2.05) is 12.4 Å².